The molecule has 0 spiro atoms. The van der Waals surface area contributed by atoms with E-state index in [1.807, 2.05) is 5.94 Å². The lowest BCUT2D eigenvalue weighted by atomic mass is 9.94. The molecule has 0 saturated carbocycles. The van der Waals surface area contributed by atoms with Crippen LogP contribution >= 0.6 is 11.6 Å². The van der Waals surface area contributed by atoms with Crippen LogP contribution in [0.2, 0.25) is 5.02 Å². The molecule has 45 heavy (non-hydrogen) atoms. The molecule has 0 bridgehead atoms. The maximum Gasteiger partial charge on any atom is 0.410 e. The zero-order valence-electron chi connectivity index (χ0n) is 30.8. The summed E-state index contributed by atoms with van der Waals surface area (Å²) in [5.41, 5.74) is -1.71. The van der Waals surface area contributed by atoms with Crippen LogP contribution in [0.25, 0.3) is 22.0 Å². The molecule has 1 N–H and O–H groups in total. The van der Waals surface area contributed by atoms with Crippen molar-refractivity contribution in [3.63, 3.8) is 0 Å². The number of piperazine rings is 1. The van der Waals surface area contributed by atoms with Gasteiger partial charge in [0.2, 0.25) is 5.88 Å². The normalized spacial score (nSPS) is 23.5. The molecule has 10 nitrogen and oxygen atoms in total. The number of phenols is 1. The number of pyridine rings is 1. The number of hydrogen-bond donors (Lipinski definition) is 1. The second kappa shape index (κ2) is 11.0. The second-order valence-electron chi connectivity index (χ2n) is 12.3. The summed E-state index contributed by atoms with van der Waals surface area (Å²) in [4.78, 5) is 35.6. The molecule has 2 aromatic carbocycles. The van der Waals surface area contributed by atoms with Crippen LogP contribution in [-0.2, 0) is 9.53 Å². The summed E-state index contributed by atoms with van der Waals surface area (Å²) in [7, 11) is 0. The molecular formula is C32H34ClF2N5O5. The molecule has 1 fully saturated rings. The van der Waals surface area contributed by atoms with E-state index in [0.717, 1.165) is 6.07 Å². The van der Waals surface area contributed by atoms with E-state index in [1.54, 1.807) is 32.6 Å². The smallest absolute Gasteiger partial charge is 0.410 e. The summed E-state index contributed by atoms with van der Waals surface area (Å²) in [6.45, 7) is -0.173. The lowest BCUT2D eigenvalue weighted by molar-refractivity contribution is 0.0133. The molecule has 1 saturated heterocycles. The van der Waals surface area contributed by atoms with Gasteiger partial charge in [-0.25, -0.2) is 23.4 Å². The molecular weight excluding hydrogens is 608 g/mol. The van der Waals surface area contributed by atoms with Crippen LogP contribution < -0.4 is 14.5 Å². The van der Waals surface area contributed by atoms with E-state index in [-0.39, 0.29) is 52.8 Å². The number of likely N-dealkylation sites (N-methyl/N-ethyl adjacent to an activating group) is 1. The van der Waals surface area contributed by atoms with Gasteiger partial charge in [0.05, 0.1) is 35.4 Å². The second-order valence-corrected chi connectivity index (χ2v) is 12.7. The van der Waals surface area contributed by atoms with Gasteiger partial charge in [0, 0.05) is 38.3 Å². The largest absolute Gasteiger partial charge is 0.507 e. The van der Waals surface area contributed by atoms with Crippen molar-refractivity contribution < 1.29 is 41.2 Å². The van der Waals surface area contributed by atoms with E-state index < -0.39 is 78.9 Å². The van der Waals surface area contributed by atoms with Crippen LogP contribution in [0.4, 0.5) is 25.0 Å². The van der Waals surface area contributed by atoms with Crippen molar-refractivity contribution in [2.75, 3.05) is 49.9 Å². The van der Waals surface area contributed by atoms with Gasteiger partial charge in [-0.1, -0.05) is 17.7 Å². The summed E-state index contributed by atoms with van der Waals surface area (Å²) in [6, 6.07) is 3.37. The number of ether oxygens (including phenoxy) is 2. The fraction of sp³-hybridized carbons (Fsp3) is 0.438. The number of hydrogen-bond acceptors (Lipinski definition) is 9. The molecule has 3 aliphatic rings. The summed E-state index contributed by atoms with van der Waals surface area (Å²) in [6.07, 6.45) is -1.89. The summed E-state index contributed by atoms with van der Waals surface area (Å²) in [5, 5.41) is 10.4. The Kier molecular flexibility index (Phi) is 5.93. The molecule has 3 atom stereocenters. The number of phenolic OH excluding ortho intramolecular Hbond substituents is 1. The van der Waals surface area contributed by atoms with Crippen LogP contribution in [0.3, 0.4) is 0 Å². The third kappa shape index (κ3) is 5.20. The number of aromatic nitrogens is 1. The first kappa shape index (κ1) is 24.2. The van der Waals surface area contributed by atoms with E-state index in [1.165, 1.54) is 28.0 Å². The maximum absolute atomic E-state index is 16.8. The highest BCUT2D eigenvalue weighted by Gasteiger charge is 2.48. The number of amides is 1. The van der Waals surface area contributed by atoms with Crippen LogP contribution in [-0.4, -0.2) is 95.8 Å². The number of benzene rings is 2. The van der Waals surface area contributed by atoms with E-state index in [2.05, 4.69) is 4.98 Å². The quantitative estimate of drug-likeness (QED) is 0.384. The zero-order chi connectivity index (χ0) is 37.5. The number of carbonyl (C=O) groups excluding carboxylic acids is 2. The van der Waals surface area contributed by atoms with Gasteiger partial charge in [-0.3, -0.25) is 0 Å². The van der Waals surface area contributed by atoms with Gasteiger partial charge in [-0.05, 0) is 59.8 Å². The summed E-state index contributed by atoms with van der Waals surface area (Å²) in [5.74, 6) is -0.974. The Morgan fingerprint density at radius 1 is 1.24 bits per heavy atom. The Hall–Kier alpha value is -4.12. The minimum absolute atomic E-state index is 0.00689. The lowest BCUT2D eigenvalue weighted by Gasteiger charge is -2.53. The summed E-state index contributed by atoms with van der Waals surface area (Å²) < 4.78 is 90.8. The van der Waals surface area contributed by atoms with Crippen LogP contribution in [0.15, 0.2) is 30.0 Å². The van der Waals surface area contributed by atoms with E-state index in [9.17, 15) is 14.7 Å². The molecule has 4 heterocycles. The van der Waals surface area contributed by atoms with Crippen LogP contribution in [0.1, 0.15) is 35.9 Å². The Labute approximate surface area is 272 Å². The number of rotatable bonds is 3. The molecule has 3 aliphatic heterocycles. The van der Waals surface area contributed by atoms with Crippen molar-refractivity contribution in [3.05, 3.63) is 46.6 Å². The maximum atomic E-state index is 16.8. The predicted molar refractivity (Wildman–Crippen MR) is 167 cm³/mol. The van der Waals surface area contributed by atoms with Gasteiger partial charge in [0.15, 0.2) is 5.82 Å². The SMILES string of the molecule is [2H]C([2H])([2H])N(C[C@@H]1CN2C(=C=O)[C@H]3CN(C(=O)OC(C)(C)C)[C@H](C)CN3c3c2c(nc2c(F)c(-c4c(O)cccc4F)c(Cl)cc32)O1)C([2H])([2H])[2H]. The third-order valence-electron chi connectivity index (χ3n) is 8.02. The molecule has 0 unspecified atom stereocenters. The average Bonchev–Trinajstić information content (AvgIpc) is 2.99. The highest BCUT2D eigenvalue weighted by molar-refractivity contribution is 6.34. The highest BCUT2D eigenvalue weighted by atomic mass is 35.5. The Morgan fingerprint density at radius 2 is 2.00 bits per heavy atom. The number of anilines is 2. The molecule has 3 aromatic rings. The van der Waals surface area contributed by atoms with E-state index in [0.29, 0.717) is 10.6 Å². The molecule has 0 aliphatic carbocycles. The fourth-order valence-corrected chi connectivity index (χ4v) is 6.52. The van der Waals surface area contributed by atoms with Crippen molar-refractivity contribution in [1.82, 2.24) is 14.8 Å². The average molecular weight is 648 g/mol. The van der Waals surface area contributed by atoms with E-state index in [4.69, 9.17) is 29.3 Å². The fourth-order valence-electron chi connectivity index (χ4n) is 6.23. The lowest BCUT2D eigenvalue weighted by Crippen LogP contribution is -2.64. The first-order valence-corrected chi connectivity index (χ1v) is 14.6. The van der Waals surface area contributed by atoms with Crippen molar-refractivity contribution in [2.24, 2.45) is 0 Å². The molecule has 1 aromatic heterocycles. The van der Waals surface area contributed by atoms with Gasteiger partial charge in [-0.2, -0.15) is 0 Å². The Bertz CT molecular complexity index is 1950. The van der Waals surface area contributed by atoms with Gasteiger partial charge in [0.1, 0.15) is 46.1 Å². The standard InChI is InChI=1S/C32H34ClF2N5O5/c1-16-11-39-21(14-38(16)31(43)45-32(2,3)4)22(15-41)40-13-17(12-37(5)6)44-30-29(40)28(39)18-10-19(33)24(26(35)27(18)36-30)25-20(34)8-7-9-23(25)42/h7-10,16-17,21,42H,11-14H2,1-6H3/t16-,17-,21-/m1/s1/i5D3,6D3. The number of nitrogens with zero attached hydrogens (tertiary/aromatic N) is 5. The molecule has 1 amide bonds. The monoisotopic (exact) mass is 647 g/mol. The van der Waals surface area contributed by atoms with Gasteiger partial charge >= 0.3 is 6.09 Å². The van der Waals surface area contributed by atoms with Crippen molar-refractivity contribution >= 4 is 45.9 Å². The number of fused-ring (bicyclic) bond motifs is 4. The minimum Gasteiger partial charge on any atom is -0.507 e. The molecule has 13 heteroatoms. The molecule has 0 radical (unpaired) electrons. The zero-order valence-corrected chi connectivity index (χ0v) is 25.6. The number of aromatic hydroxyl groups is 1. The topological polar surface area (TPSA) is 98.7 Å². The number of carbonyl (C=O) groups is 1. The van der Waals surface area contributed by atoms with Gasteiger partial charge in [-0.15, -0.1) is 0 Å². The van der Waals surface area contributed by atoms with Gasteiger partial charge < -0.3 is 34.2 Å². The van der Waals surface area contributed by atoms with Crippen LogP contribution in [0.5, 0.6) is 11.6 Å². The molecule has 238 valence electrons. The minimum atomic E-state index is -3.08. The Morgan fingerprint density at radius 3 is 2.67 bits per heavy atom. The van der Waals surface area contributed by atoms with Crippen LogP contribution in [0, 0.1) is 11.6 Å². The summed E-state index contributed by atoms with van der Waals surface area (Å²) >= 11 is 6.65. The first-order valence-electron chi connectivity index (χ1n) is 17.2. The molecule has 6 rings (SSSR count). The van der Waals surface area contributed by atoms with Gasteiger partial charge in [0.25, 0.3) is 0 Å². The first-order chi connectivity index (χ1) is 23.6. The Balaban J connectivity index is 1.58. The van der Waals surface area contributed by atoms with Crippen molar-refractivity contribution in [2.45, 2.75) is 51.5 Å². The highest BCUT2D eigenvalue weighted by Crippen LogP contribution is 2.53. The van der Waals surface area contributed by atoms with E-state index >= 15 is 8.78 Å². The third-order valence-corrected chi connectivity index (χ3v) is 8.31. The number of halogens is 3. The van der Waals surface area contributed by atoms with Crippen molar-refractivity contribution in [3.8, 4) is 22.8 Å². The van der Waals surface area contributed by atoms with Crippen molar-refractivity contribution in [1.29, 1.82) is 0 Å². The predicted octanol–water partition coefficient (Wildman–Crippen LogP) is 5.21.